The van der Waals surface area contributed by atoms with E-state index in [0.29, 0.717) is 6.54 Å². The fraction of sp³-hybridized carbons (Fsp3) is 0.917. The summed E-state index contributed by atoms with van der Waals surface area (Å²) in [7, 11) is 1.86. The van der Waals surface area contributed by atoms with E-state index in [2.05, 4.69) is 9.80 Å². The van der Waals surface area contributed by atoms with Gasteiger partial charge in [-0.05, 0) is 26.4 Å². The van der Waals surface area contributed by atoms with Gasteiger partial charge in [0.1, 0.15) is 0 Å². The van der Waals surface area contributed by atoms with Crippen LogP contribution >= 0.6 is 0 Å². The van der Waals surface area contributed by atoms with Crippen LogP contribution in [0.15, 0.2) is 0 Å². The second kappa shape index (κ2) is 7.63. The standard InChI is InChI=1S/C12H26N4O/c1-3-14(2)12(17)11-16-9-7-15(8-10-16)6-4-5-13/h3-11,13H2,1-2H3. The molecule has 17 heavy (non-hydrogen) atoms. The Morgan fingerprint density at radius 3 is 2.35 bits per heavy atom. The van der Waals surface area contributed by atoms with Crippen LogP contribution in [0.5, 0.6) is 0 Å². The average Bonchev–Trinajstić information content (AvgIpc) is 2.37. The molecule has 1 heterocycles. The smallest absolute Gasteiger partial charge is 0.236 e. The highest BCUT2D eigenvalue weighted by Crippen LogP contribution is 2.02. The molecule has 1 aliphatic rings. The van der Waals surface area contributed by atoms with Gasteiger partial charge in [0.2, 0.25) is 5.91 Å². The van der Waals surface area contributed by atoms with Crippen molar-refractivity contribution in [3.63, 3.8) is 0 Å². The van der Waals surface area contributed by atoms with Crippen LogP contribution in [0.4, 0.5) is 0 Å². The summed E-state index contributed by atoms with van der Waals surface area (Å²) in [5.41, 5.74) is 5.50. The van der Waals surface area contributed by atoms with Gasteiger partial charge in [-0.2, -0.15) is 0 Å². The highest BCUT2D eigenvalue weighted by Gasteiger charge is 2.19. The first kappa shape index (κ1) is 14.4. The van der Waals surface area contributed by atoms with Gasteiger partial charge < -0.3 is 15.5 Å². The normalized spacial score (nSPS) is 18.3. The van der Waals surface area contributed by atoms with Crippen molar-refractivity contribution >= 4 is 5.91 Å². The molecule has 1 aliphatic heterocycles. The summed E-state index contributed by atoms with van der Waals surface area (Å²) in [6, 6.07) is 0. The molecule has 0 aromatic heterocycles. The van der Waals surface area contributed by atoms with Gasteiger partial charge in [0.05, 0.1) is 6.54 Å². The second-order valence-electron chi connectivity index (χ2n) is 4.67. The Morgan fingerprint density at radius 1 is 1.24 bits per heavy atom. The first-order chi connectivity index (χ1) is 8.17. The molecule has 1 rings (SSSR count). The molecule has 1 fully saturated rings. The Morgan fingerprint density at radius 2 is 1.82 bits per heavy atom. The van der Waals surface area contributed by atoms with E-state index in [4.69, 9.17) is 5.73 Å². The van der Waals surface area contributed by atoms with E-state index in [1.165, 1.54) is 0 Å². The molecule has 1 amide bonds. The molecule has 0 aromatic carbocycles. The lowest BCUT2D eigenvalue weighted by molar-refractivity contribution is -0.131. The Labute approximate surface area is 105 Å². The first-order valence-corrected chi connectivity index (χ1v) is 6.56. The van der Waals surface area contributed by atoms with Crippen LogP contribution in [0.25, 0.3) is 0 Å². The summed E-state index contributed by atoms with van der Waals surface area (Å²) in [6.45, 7) is 9.31. The van der Waals surface area contributed by atoms with E-state index < -0.39 is 0 Å². The third-order valence-electron chi connectivity index (χ3n) is 3.40. The molecule has 0 aliphatic carbocycles. The minimum atomic E-state index is 0.225. The van der Waals surface area contributed by atoms with Crippen LogP contribution in [-0.2, 0) is 4.79 Å². The number of carbonyl (C=O) groups is 1. The summed E-state index contributed by atoms with van der Waals surface area (Å²) in [6.07, 6.45) is 1.07. The van der Waals surface area contributed by atoms with Gasteiger partial charge in [0, 0.05) is 39.8 Å². The molecule has 0 radical (unpaired) electrons. The fourth-order valence-corrected chi connectivity index (χ4v) is 1.97. The van der Waals surface area contributed by atoms with Gasteiger partial charge in [-0.3, -0.25) is 9.69 Å². The zero-order valence-corrected chi connectivity index (χ0v) is 11.2. The van der Waals surface area contributed by atoms with Gasteiger partial charge in [0.15, 0.2) is 0 Å². The predicted octanol–water partition coefficient (Wildman–Crippen LogP) is -0.569. The van der Waals surface area contributed by atoms with Gasteiger partial charge in [-0.25, -0.2) is 0 Å². The van der Waals surface area contributed by atoms with Crippen LogP contribution in [0.1, 0.15) is 13.3 Å². The lowest BCUT2D eigenvalue weighted by atomic mass is 10.3. The van der Waals surface area contributed by atoms with Crippen molar-refractivity contribution in [2.24, 2.45) is 5.73 Å². The molecular weight excluding hydrogens is 216 g/mol. The Balaban J connectivity index is 2.20. The molecule has 0 bridgehead atoms. The van der Waals surface area contributed by atoms with E-state index in [9.17, 15) is 4.79 Å². The molecule has 1 saturated heterocycles. The molecule has 0 spiro atoms. The molecule has 2 N–H and O–H groups in total. The zero-order chi connectivity index (χ0) is 12.7. The molecule has 0 saturated carbocycles. The molecular formula is C12H26N4O. The molecule has 0 unspecified atom stereocenters. The summed E-state index contributed by atoms with van der Waals surface area (Å²) < 4.78 is 0. The van der Waals surface area contributed by atoms with Crippen molar-refractivity contribution in [1.82, 2.24) is 14.7 Å². The largest absolute Gasteiger partial charge is 0.345 e. The lowest BCUT2D eigenvalue weighted by Gasteiger charge is -2.34. The number of amides is 1. The predicted molar refractivity (Wildman–Crippen MR) is 69.9 cm³/mol. The fourth-order valence-electron chi connectivity index (χ4n) is 1.97. The second-order valence-corrected chi connectivity index (χ2v) is 4.67. The average molecular weight is 242 g/mol. The number of likely N-dealkylation sites (N-methyl/N-ethyl adjacent to an activating group) is 1. The third kappa shape index (κ3) is 5.02. The van der Waals surface area contributed by atoms with Crippen molar-refractivity contribution in [3.05, 3.63) is 0 Å². The van der Waals surface area contributed by atoms with Crippen LogP contribution in [0.3, 0.4) is 0 Å². The van der Waals surface area contributed by atoms with Gasteiger partial charge in [-0.1, -0.05) is 0 Å². The maximum absolute atomic E-state index is 11.7. The maximum atomic E-state index is 11.7. The number of piperazine rings is 1. The van der Waals surface area contributed by atoms with Gasteiger partial charge in [0.25, 0.3) is 0 Å². The number of rotatable bonds is 6. The number of hydrogen-bond acceptors (Lipinski definition) is 4. The van der Waals surface area contributed by atoms with Crippen LogP contribution < -0.4 is 5.73 Å². The number of nitrogens with two attached hydrogens (primary N) is 1. The van der Waals surface area contributed by atoms with E-state index >= 15 is 0 Å². The highest BCUT2D eigenvalue weighted by molar-refractivity contribution is 5.77. The maximum Gasteiger partial charge on any atom is 0.236 e. The molecule has 5 heteroatoms. The van der Waals surface area contributed by atoms with E-state index in [1.54, 1.807) is 4.90 Å². The topological polar surface area (TPSA) is 52.8 Å². The Bertz CT molecular complexity index is 227. The highest BCUT2D eigenvalue weighted by atomic mass is 16.2. The zero-order valence-electron chi connectivity index (χ0n) is 11.2. The Hall–Kier alpha value is -0.650. The molecule has 0 aromatic rings. The van der Waals surface area contributed by atoms with Gasteiger partial charge in [-0.15, -0.1) is 0 Å². The van der Waals surface area contributed by atoms with E-state index in [1.807, 2.05) is 14.0 Å². The molecule has 0 atom stereocenters. The van der Waals surface area contributed by atoms with Crippen molar-refractivity contribution in [1.29, 1.82) is 0 Å². The van der Waals surface area contributed by atoms with E-state index in [-0.39, 0.29) is 5.91 Å². The van der Waals surface area contributed by atoms with Crippen LogP contribution in [0, 0.1) is 0 Å². The minimum Gasteiger partial charge on any atom is -0.345 e. The Kier molecular flexibility index (Phi) is 6.47. The summed E-state index contributed by atoms with van der Waals surface area (Å²) >= 11 is 0. The summed E-state index contributed by atoms with van der Waals surface area (Å²) in [5.74, 6) is 0.225. The monoisotopic (exact) mass is 242 g/mol. The summed E-state index contributed by atoms with van der Waals surface area (Å²) in [5, 5.41) is 0. The number of nitrogens with zero attached hydrogens (tertiary/aromatic N) is 3. The van der Waals surface area contributed by atoms with E-state index in [0.717, 1.165) is 52.2 Å². The van der Waals surface area contributed by atoms with Crippen molar-refractivity contribution in [3.8, 4) is 0 Å². The lowest BCUT2D eigenvalue weighted by Crippen LogP contribution is -2.49. The SMILES string of the molecule is CCN(C)C(=O)CN1CCN(CCCN)CC1. The van der Waals surface area contributed by atoms with Crippen LogP contribution in [-0.4, -0.2) is 80.0 Å². The summed E-state index contributed by atoms with van der Waals surface area (Å²) in [4.78, 5) is 18.2. The number of hydrogen-bond donors (Lipinski definition) is 1. The number of carbonyl (C=O) groups excluding carboxylic acids is 1. The quantitative estimate of drug-likeness (QED) is 0.678. The molecule has 5 nitrogen and oxygen atoms in total. The molecule has 100 valence electrons. The first-order valence-electron chi connectivity index (χ1n) is 6.56. The van der Waals surface area contributed by atoms with Crippen molar-refractivity contribution < 1.29 is 4.79 Å². The van der Waals surface area contributed by atoms with Gasteiger partial charge >= 0.3 is 0 Å². The third-order valence-corrected chi connectivity index (χ3v) is 3.40. The van der Waals surface area contributed by atoms with Crippen molar-refractivity contribution in [2.45, 2.75) is 13.3 Å². The minimum absolute atomic E-state index is 0.225. The van der Waals surface area contributed by atoms with Crippen LogP contribution in [0.2, 0.25) is 0 Å². The van der Waals surface area contributed by atoms with Crippen molar-refractivity contribution in [2.75, 3.05) is 59.4 Å².